The fraction of sp³-hybridized carbons (Fsp3) is 0.286. The van der Waals surface area contributed by atoms with Crippen LogP contribution >= 0.6 is 0 Å². The zero-order chi connectivity index (χ0) is 17.8. The van der Waals surface area contributed by atoms with Crippen molar-refractivity contribution in [2.24, 2.45) is 0 Å². The number of anilines is 1. The molecule has 0 spiro atoms. The van der Waals surface area contributed by atoms with Crippen molar-refractivity contribution < 1.29 is 9.15 Å². The molecule has 2 aromatic carbocycles. The van der Waals surface area contributed by atoms with Crippen LogP contribution in [0.2, 0.25) is 0 Å². The van der Waals surface area contributed by atoms with E-state index in [1.807, 2.05) is 12.1 Å². The average molecular weight is 337 g/mol. The van der Waals surface area contributed by atoms with Gasteiger partial charge in [-0.05, 0) is 47.7 Å². The van der Waals surface area contributed by atoms with Crippen molar-refractivity contribution in [1.82, 2.24) is 0 Å². The van der Waals surface area contributed by atoms with E-state index in [4.69, 9.17) is 9.15 Å². The summed E-state index contributed by atoms with van der Waals surface area (Å²) in [6.07, 6.45) is 1.13. The summed E-state index contributed by atoms with van der Waals surface area (Å²) < 4.78 is 10.5. The monoisotopic (exact) mass is 337 g/mol. The van der Waals surface area contributed by atoms with E-state index in [-0.39, 0.29) is 5.63 Å². The Kier molecular flexibility index (Phi) is 5.08. The lowest BCUT2D eigenvalue weighted by molar-refractivity contribution is 0.414. The maximum atomic E-state index is 11.8. The first-order valence-electron chi connectivity index (χ1n) is 8.55. The second-order valence-corrected chi connectivity index (χ2v) is 6.24. The molecule has 1 aromatic heterocycles. The van der Waals surface area contributed by atoms with E-state index >= 15 is 0 Å². The Morgan fingerprint density at radius 3 is 2.56 bits per heavy atom. The molecule has 0 aliphatic heterocycles. The van der Waals surface area contributed by atoms with Crippen LogP contribution in [-0.2, 0) is 6.54 Å². The van der Waals surface area contributed by atoms with Gasteiger partial charge >= 0.3 is 5.63 Å². The summed E-state index contributed by atoms with van der Waals surface area (Å²) in [6.45, 7) is 4.97. The molecule has 0 radical (unpaired) electrons. The van der Waals surface area contributed by atoms with Gasteiger partial charge in [0.15, 0.2) is 0 Å². The Morgan fingerprint density at radius 2 is 1.88 bits per heavy atom. The first kappa shape index (κ1) is 17.1. The van der Waals surface area contributed by atoms with E-state index in [2.05, 4.69) is 43.4 Å². The van der Waals surface area contributed by atoms with Crippen molar-refractivity contribution in [2.75, 3.05) is 12.4 Å². The van der Waals surface area contributed by atoms with Crippen LogP contribution in [0.3, 0.4) is 0 Å². The van der Waals surface area contributed by atoms with Crippen molar-refractivity contribution in [1.29, 1.82) is 0 Å². The SMILES string of the molecule is CC[C@H](C)c1ccc(NCc2cc(=O)oc3cc(OC)ccc23)cc1. The molecule has 4 nitrogen and oxygen atoms in total. The lowest BCUT2D eigenvalue weighted by Crippen LogP contribution is -2.06. The average Bonchev–Trinajstić information content (AvgIpc) is 2.65. The highest BCUT2D eigenvalue weighted by Crippen LogP contribution is 2.24. The lowest BCUT2D eigenvalue weighted by atomic mass is 9.98. The van der Waals surface area contributed by atoms with Crippen molar-refractivity contribution >= 4 is 16.7 Å². The zero-order valence-electron chi connectivity index (χ0n) is 14.8. The zero-order valence-corrected chi connectivity index (χ0v) is 14.8. The largest absolute Gasteiger partial charge is 0.497 e. The second-order valence-electron chi connectivity index (χ2n) is 6.24. The van der Waals surface area contributed by atoms with Crippen LogP contribution in [0.5, 0.6) is 5.75 Å². The summed E-state index contributed by atoms with van der Waals surface area (Å²) in [5.41, 5.74) is 3.45. The molecule has 0 fully saturated rings. The van der Waals surface area contributed by atoms with E-state index in [1.54, 1.807) is 13.2 Å². The Labute approximate surface area is 147 Å². The van der Waals surface area contributed by atoms with Gasteiger partial charge in [0.05, 0.1) is 7.11 Å². The van der Waals surface area contributed by atoms with Gasteiger partial charge in [-0.2, -0.15) is 0 Å². The highest BCUT2D eigenvalue weighted by molar-refractivity contribution is 5.81. The fourth-order valence-corrected chi connectivity index (χ4v) is 2.85. The first-order valence-corrected chi connectivity index (χ1v) is 8.55. The van der Waals surface area contributed by atoms with Crippen molar-refractivity contribution in [3.63, 3.8) is 0 Å². The molecule has 0 amide bonds. The third-order valence-corrected chi connectivity index (χ3v) is 4.61. The quantitative estimate of drug-likeness (QED) is 0.648. The van der Waals surface area contributed by atoms with Gasteiger partial charge < -0.3 is 14.5 Å². The number of hydrogen-bond donors (Lipinski definition) is 1. The first-order chi connectivity index (χ1) is 12.1. The predicted octanol–water partition coefficient (Wildman–Crippen LogP) is 4.93. The van der Waals surface area contributed by atoms with E-state index < -0.39 is 0 Å². The summed E-state index contributed by atoms with van der Waals surface area (Å²) in [6, 6.07) is 15.5. The van der Waals surface area contributed by atoms with Gasteiger partial charge in [0.2, 0.25) is 0 Å². The molecule has 4 heteroatoms. The molecular formula is C21H23NO3. The van der Waals surface area contributed by atoms with Crippen LogP contribution in [0.15, 0.2) is 57.7 Å². The molecule has 0 aliphatic carbocycles. The minimum atomic E-state index is -0.357. The molecule has 25 heavy (non-hydrogen) atoms. The summed E-state index contributed by atoms with van der Waals surface area (Å²) in [7, 11) is 1.59. The molecular weight excluding hydrogens is 314 g/mol. The second kappa shape index (κ2) is 7.43. The summed E-state index contributed by atoms with van der Waals surface area (Å²) >= 11 is 0. The molecule has 0 saturated heterocycles. The molecule has 0 aliphatic rings. The Morgan fingerprint density at radius 1 is 1.12 bits per heavy atom. The maximum Gasteiger partial charge on any atom is 0.336 e. The summed E-state index contributed by atoms with van der Waals surface area (Å²) in [4.78, 5) is 11.8. The van der Waals surface area contributed by atoms with Gasteiger partial charge in [-0.25, -0.2) is 4.79 Å². The third kappa shape index (κ3) is 3.85. The van der Waals surface area contributed by atoms with E-state index in [0.29, 0.717) is 23.8 Å². The maximum absolute atomic E-state index is 11.8. The normalized spacial score (nSPS) is 12.1. The number of methoxy groups -OCH3 is 1. The molecule has 0 unspecified atom stereocenters. The molecule has 0 bridgehead atoms. The van der Waals surface area contributed by atoms with Crippen molar-refractivity contribution in [2.45, 2.75) is 32.7 Å². The van der Waals surface area contributed by atoms with Crippen LogP contribution in [-0.4, -0.2) is 7.11 Å². The minimum absolute atomic E-state index is 0.357. The highest BCUT2D eigenvalue weighted by atomic mass is 16.5. The molecule has 0 saturated carbocycles. The van der Waals surface area contributed by atoms with Crippen molar-refractivity contribution in [3.05, 3.63) is 70.1 Å². The molecule has 3 rings (SSSR count). The lowest BCUT2D eigenvalue weighted by Gasteiger charge is -2.12. The van der Waals surface area contributed by atoms with Crippen molar-refractivity contribution in [3.8, 4) is 5.75 Å². The highest BCUT2D eigenvalue weighted by Gasteiger charge is 2.07. The van der Waals surface area contributed by atoms with Gasteiger partial charge in [-0.3, -0.25) is 0 Å². The Bertz CT molecular complexity index is 913. The number of nitrogens with one attached hydrogen (secondary N) is 1. The number of benzene rings is 2. The van der Waals surface area contributed by atoms with E-state index in [9.17, 15) is 4.79 Å². The van der Waals surface area contributed by atoms with Gasteiger partial charge in [-0.1, -0.05) is 26.0 Å². The van der Waals surface area contributed by atoms with Gasteiger partial charge in [0.1, 0.15) is 11.3 Å². The topological polar surface area (TPSA) is 51.5 Å². The van der Waals surface area contributed by atoms with Crippen LogP contribution in [0, 0.1) is 0 Å². The Balaban J connectivity index is 1.82. The standard InChI is InChI=1S/C21H23NO3/c1-4-14(2)15-5-7-17(8-6-15)22-13-16-11-21(23)25-20-12-18(24-3)9-10-19(16)20/h5-12,14,22H,4,13H2,1-3H3/t14-/m0/s1. The van der Waals surface area contributed by atoms with Crippen LogP contribution in [0.25, 0.3) is 11.0 Å². The van der Waals surface area contributed by atoms with Gasteiger partial charge in [0.25, 0.3) is 0 Å². The fourth-order valence-electron chi connectivity index (χ4n) is 2.85. The number of rotatable bonds is 6. The number of hydrogen-bond acceptors (Lipinski definition) is 4. The molecule has 3 aromatic rings. The van der Waals surface area contributed by atoms with Crippen LogP contribution in [0.1, 0.15) is 37.3 Å². The molecule has 1 heterocycles. The molecule has 130 valence electrons. The van der Waals surface area contributed by atoms with Crippen LogP contribution in [0.4, 0.5) is 5.69 Å². The molecule has 1 N–H and O–H groups in total. The summed E-state index contributed by atoms with van der Waals surface area (Å²) in [5, 5.41) is 4.29. The van der Waals surface area contributed by atoms with Gasteiger partial charge in [0, 0.05) is 29.8 Å². The predicted molar refractivity (Wildman–Crippen MR) is 102 cm³/mol. The molecule has 1 atom stereocenters. The number of ether oxygens (including phenoxy) is 1. The number of fused-ring (bicyclic) bond motifs is 1. The Hall–Kier alpha value is -2.75. The minimum Gasteiger partial charge on any atom is -0.497 e. The van der Waals surface area contributed by atoms with E-state index in [0.717, 1.165) is 23.1 Å². The van der Waals surface area contributed by atoms with E-state index in [1.165, 1.54) is 11.6 Å². The smallest absolute Gasteiger partial charge is 0.336 e. The third-order valence-electron chi connectivity index (χ3n) is 4.61. The van der Waals surface area contributed by atoms with Gasteiger partial charge in [-0.15, -0.1) is 0 Å². The van der Waals surface area contributed by atoms with Crippen LogP contribution < -0.4 is 15.7 Å². The summed E-state index contributed by atoms with van der Waals surface area (Å²) in [5.74, 6) is 1.23.